The number of amides is 1. The third-order valence-electron chi connectivity index (χ3n) is 5.81. The van der Waals surface area contributed by atoms with Crippen LogP contribution in [0.2, 0.25) is 0 Å². The Balaban J connectivity index is 1.71. The van der Waals surface area contributed by atoms with Gasteiger partial charge in [0.1, 0.15) is 12.3 Å². The monoisotopic (exact) mass is 606 g/mol. The molecule has 3 aromatic rings. The summed E-state index contributed by atoms with van der Waals surface area (Å²) in [6.45, 7) is 5.38. The first-order valence-corrected chi connectivity index (χ1v) is 12.2. The molecule has 5 nitrogen and oxygen atoms in total. The van der Waals surface area contributed by atoms with Crippen LogP contribution in [0.4, 0.5) is 27.6 Å². The average molecular weight is 607 g/mol. The van der Waals surface area contributed by atoms with E-state index in [1.165, 1.54) is 20.1 Å². The molecule has 0 aromatic heterocycles. The van der Waals surface area contributed by atoms with Gasteiger partial charge in [0, 0.05) is 10.0 Å². The molecule has 0 radical (unpaired) electrons. The Morgan fingerprint density at radius 3 is 2.21 bits per heavy atom. The minimum atomic E-state index is -2.33. The number of nitrogens with zero attached hydrogens (tertiary/aromatic N) is 2. The number of carbonyl (C=O) groups is 1. The first-order chi connectivity index (χ1) is 18.6. The highest BCUT2D eigenvalue weighted by Crippen LogP contribution is 2.37. The van der Waals surface area contributed by atoms with Crippen molar-refractivity contribution >= 4 is 39.3 Å². The quantitative estimate of drug-likeness (QED) is 0.0891. The zero-order chi connectivity index (χ0) is 28.4. The van der Waals surface area contributed by atoms with E-state index in [-0.39, 0.29) is 22.9 Å². The van der Waals surface area contributed by atoms with Crippen molar-refractivity contribution in [3.05, 3.63) is 105 Å². The maximum Gasteiger partial charge on any atom is 0.280 e. The molecule has 3 aromatic carbocycles. The summed E-state index contributed by atoms with van der Waals surface area (Å²) >= 11 is 3.38. The lowest BCUT2D eigenvalue weighted by molar-refractivity contribution is -0.114. The Kier molecular flexibility index (Phi) is 8.19. The van der Waals surface area contributed by atoms with Crippen LogP contribution >= 0.6 is 15.9 Å². The van der Waals surface area contributed by atoms with Crippen LogP contribution in [0.5, 0.6) is 11.5 Å². The van der Waals surface area contributed by atoms with Gasteiger partial charge in [0.05, 0.1) is 18.4 Å². The number of rotatable bonds is 8. The fraction of sp³-hybridized carbons (Fsp3) is 0.143. The van der Waals surface area contributed by atoms with Gasteiger partial charge in [0.15, 0.2) is 34.8 Å². The van der Waals surface area contributed by atoms with E-state index in [1.54, 1.807) is 18.2 Å². The van der Waals surface area contributed by atoms with Crippen LogP contribution in [-0.2, 0) is 17.8 Å². The number of ether oxygens (including phenoxy) is 2. The lowest BCUT2D eigenvalue weighted by Crippen LogP contribution is -2.25. The Morgan fingerprint density at radius 1 is 1.00 bits per heavy atom. The second-order valence-electron chi connectivity index (χ2n) is 8.40. The minimum absolute atomic E-state index is 0.00347. The number of hydrogen-bond donors (Lipinski definition) is 0. The third-order valence-corrected chi connectivity index (χ3v) is 6.34. The molecule has 0 N–H and O–H groups in total. The number of methoxy groups -OCH3 is 1. The molecular weight excluding hydrogens is 587 g/mol. The second kappa shape index (κ2) is 11.4. The molecule has 0 aliphatic carbocycles. The maximum atomic E-state index is 14.4. The Morgan fingerprint density at radius 2 is 1.62 bits per heavy atom. The SMILES string of the molecule is C=CCc1cc(/C=C2/C(=O)N(c3c(F)c(F)c(F)c(F)c3F)N=C2C)cc(OC)c1OCc1ccc(Br)cc1. The number of hydrazone groups is 1. The summed E-state index contributed by atoms with van der Waals surface area (Å²) in [7, 11) is 1.44. The zero-order valence-electron chi connectivity index (χ0n) is 20.6. The third kappa shape index (κ3) is 5.44. The molecule has 39 heavy (non-hydrogen) atoms. The Bertz CT molecular complexity index is 1510. The lowest BCUT2D eigenvalue weighted by Gasteiger charge is -2.16. The molecule has 4 rings (SSSR count). The van der Waals surface area contributed by atoms with E-state index in [9.17, 15) is 26.7 Å². The molecule has 1 aliphatic heterocycles. The number of carbonyl (C=O) groups excluding carboxylic acids is 1. The molecule has 0 unspecified atom stereocenters. The molecular formula is C28H20BrF5N2O3. The highest BCUT2D eigenvalue weighted by molar-refractivity contribution is 9.10. The molecule has 0 saturated carbocycles. The smallest absolute Gasteiger partial charge is 0.280 e. The largest absolute Gasteiger partial charge is 0.493 e. The van der Waals surface area contributed by atoms with Crippen molar-refractivity contribution < 1.29 is 36.2 Å². The standard InChI is InChI=1S/C28H20BrF5N2O3/c1-4-5-17-10-16(12-20(38-3)27(17)39-13-15-6-8-18(29)9-7-15)11-19-14(2)35-36(28(19)37)26-24(33)22(31)21(30)23(32)25(26)34/h4,6-12H,1,5,13H2,2-3H3/b19-11+. The van der Waals surface area contributed by atoms with Gasteiger partial charge in [-0.05, 0) is 54.8 Å². The summed E-state index contributed by atoms with van der Waals surface area (Å²) in [6.07, 6.45) is 3.40. The van der Waals surface area contributed by atoms with Crippen LogP contribution in [0.25, 0.3) is 6.08 Å². The van der Waals surface area contributed by atoms with Gasteiger partial charge >= 0.3 is 0 Å². The number of anilines is 1. The minimum Gasteiger partial charge on any atom is -0.493 e. The van der Waals surface area contributed by atoms with E-state index in [0.29, 0.717) is 29.0 Å². The van der Waals surface area contributed by atoms with Crippen molar-refractivity contribution in [1.82, 2.24) is 0 Å². The van der Waals surface area contributed by atoms with Crippen molar-refractivity contribution in [3.8, 4) is 11.5 Å². The Labute approximate surface area is 229 Å². The molecule has 0 bridgehead atoms. The van der Waals surface area contributed by atoms with Gasteiger partial charge in [-0.25, -0.2) is 22.0 Å². The molecule has 1 heterocycles. The number of halogens is 6. The molecule has 0 fully saturated rings. The van der Waals surface area contributed by atoms with Gasteiger partial charge in [-0.15, -0.1) is 6.58 Å². The first-order valence-electron chi connectivity index (χ1n) is 11.4. The molecule has 1 amide bonds. The summed E-state index contributed by atoms with van der Waals surface area (Å²) in [5.41, 5.74) is 0.452. The van der Waals surface area contributed by atoms with Crippen LogP contribution in [0.3, 0.4) is 0 Å². The molecule has 0 saturated heterocycles. The van der Waals surface area contributed by atoms with Gasteiger partial charge in [0.25, 0.3) is 5.91 Å². The fourth-order valence-corrected chi connectivity index (χ4v) is 4.17. The maximum absolute atomic E-state index is 14.4. The van der Waals surface area contributed by atoms with Crippen molar-refractivity contribution in [2.24, 2.45) is 5.10 Å². The second-order valence-corrected chi connectivity index (χ2v) is 9.31. The van der Waals surface area contributed by atoms with Gasteiger partial charge in [-0.3, -0.25) is 4.79 Å². The fourth-order valence-electron chi connectivity index (χ4n) is 3.91. The molecule has 202 valence electrons. The van der Waals surface area contributed by atoms with Crippen molar-refractivity contribution in [1.29, 1.82) is 0 Å². The summed E-state index contributed by atoms with van der Waals surface area (Å²) in [5, 5.41) is 3.92. The van der Waals surface area contributed by atoms with Gasteiger partial charge in [-0.2, -0.15) is 10.1 Å². The van der Waals surface area contributed by atoms with E-state index >= 15 is 0 Å². The van der Waals surface area contributed by atoms with E-state index in [4.69, 9.17) is 9.47 Å². The lowest BCUT2D eigenvalue weighted by atomic mass is 10.0. The molecule has 0 atom stereocenters. The summed E-state index contributed by atoms with van der Waals surface area (Å²) in [6, 6.07) is 10.8. The van der Waals surface area contributed by atoms with E-state index < -0.39 is 40.7 Å². The average Bonchev–Trinajstić information content (AvgIpc) is 3.19. The van der Waals surface area contributed by atoms with Crippen LogP contribution in [0.15, 0.2) is 64.2 Å². The number of benzene rings is 3. The summed E-state index contributed by atoms with van der Waals surface area (Å²) in [4.78, 5) is 13.0. The number of hydrogen-bond acceptors (Lipinski definition) is 4. The van der Waals surface area contributed by atoms with E-state index in [1.807, 2.05) is 24.3 Å². The summed E-state index contributed by atoms with van der Waals surface area (Å²) < 4.78 is 82.2. The van der Waals surface area contributed by atoms with Gasteiger partial charge in [0.2, 0.25) is 5.82 Å². The topological polar surface area (TPSA) is 51.1 Å². The van der Waals surface area contributed by atoms with Crippen LogP contribution in [0.1, 0.15) is 23.6 Å². The first kappa shape index (κ1) is 28.0. The predicted molar refractivity (Wildman–Crippen MR) is 140 cm³/mol. The van der Waals surface area contributed by atoms with E-state index in [0.717, 1.165) is 10.0 Å². The highest BCUT2D eigenvalue weighted by Gasteiger charge is 2.37. The van der Waals surface area contributed by atoms with Crippen LogP contribution in [0, 0.1) is 29.1 Å². The predicted octanol–water partition coefficient (Wildman–Crippen LogP) is 7.27. The zero-order valence-corrected chi connectivity index (χ0v) is 22.2. The van der Waals surface area contributed by atoms with Crippen LogP contribution in [-0.4, -0.2) is 18.7 Å². The molecule has 0 spiro atoms. The highest BCUT2D eigenvalue weighted by atomic mass is 79.9. The van der Waals surface area contributed by atoms with Crippen molar-refractivity contribution in [2.75, 3.05) is 12.1 Å². The van der Waals surface area contributed by atoms with Crippen molar-refractivity contribution in [2.45, 2.75) is 20.0 Å². The van der Waals surface area contributed by atoms with Gasteiger partial charge < -0.3 is 9.47 Å². The van der Waals surface area contributed by atoms with Crippen LogP contribution < -0.4 is 14.5 Å². The molecule has 1 aliphatic rings. The summed E-state index contributed by atoms with van der Waals surface area (Å²) in [5.74, 6) is -11.3. The Hall–Kier alpha value is -3.99. The van der Waals surface area contributed by atoms with Gasteiger partial charge in [-0.1, -0.05) is 34.1 Å². The van der Waals surface area contributed by atoms with Crippen molar-refractivity contribution in [3.63, 3.8) is 0 Å². The molecule has 11 heteroatoms. The van der Waals surface area contributed by atoms with E-state index in [2.05, 4.69) is 27.6 Å². The number of allylic oxidation sites excluding steroid dienone is 1. The normalized spacial score (nSPS) is 14.2.